The lowest BCUT2D eigenvalue weighted by Crippen LogP contribution is -2.54. The summed E-state index contributed by atoms with van der Waals surface area (Å²) >= 11 is 0. The van der Waals surface area contributed by atoms with E-state index >= 15 is 4.39 Å². The minimum atomic E-state index is -0.483. The van der Waals surface area contributed by atoms with E-state index in [2.05, 4.69) is 48.4 Å². The molecule has 248 valence electrons. The first-order chi connectivity index (χ1) is 23.3. The first-order valence-electron chi connectivity index (χ1n) is 17.0. The van der Waals surface area contributed by atoms with Crippen molar-refractivity contribution < 1.29 is 19.1 Å². The smallest absolute Gasteiger partial charge is 0.234 e. The summed E-state index contributed by atoms with van der Waals surface area (Å²) in [5.74, 6) is -0.436. The Bertz CT molecular complexity index is 1830. The molecule has 0 spiro atoms. The highest BCUT2D eigenvalue weighted by Crippen LogP contribution is 2.55. The SMILES string of the molecule is Nc1nnc(-c2ccccc2O)cc1C1=CC2CC2(N2CCC(N3CCN(c4ccc(C5CCC(=O)NC5=O)cc4F)CC3)CC2)C=C1. The molecule has 3 unspecified atom stereocenters. The number of aromatic hydroxyl groups is 1. The predicted octanol–water partition coefficient (Wildman–Crippen LogP) is 4.09. The topological polar surface area (TPSA) is 128 Å². The quantitative estimate of drug-likeness (QED) is 0.339. The van der Waals surface area contributed by atoms with Gasteiger partial charge in [0.1, 0.15) is 11.6 Å². The largest absolute Gasteiger partial charge is 0.507 e. The highest BCUT2D eigenvalue weighted by molar-refractivity contribution is 6.01. The molecule has 1 aromatic heterocycles. The van der Waals surface area contributed by atoms with Crippen molar-refractivity contribution in [3.63, 3.8) is 0 Å². The molecule has 4 N–H and O–H groups in total. The average Bonchev–Trinajstić information content (AvgIpc) is 3.84. The second-order valence-corrected chi connectivity index (χ2v) is 13.8. The molecule has 3 aliphatic heterocycles. The molecule has 8 rings (SSSR count). The maximum atomic E-state index is 15.3. The molecule has 2 amide bonds. The number of imide groups is 1. The Labute approximate surface area is 279 Å². The van der Waals surface area contributed by atoms with E-state index in [1.54, 1.807) is 18.2 Å². The molecular weight excluding hydrogens is 609 g/mol. The number of aromatic nitrogens is 2. The number of anilines is 2. The van der Waals surface area contributed by atoms with E-state index in [-0.39, 0.29) is 35.3 Å². The fourth-order valence-corrected chi connectivity index (χ4v) is 8.28. The fourth-order valence-electron chi connectivity index (χ4n) is 8.28. The van der Waals surface area contributed by atoms with Crippen molar-refractivity contribution in [1.29, 1.82) is 0 Å². The standard InChI is InChI=1S/C37H40FN7O3/c38-30-20-23(27-6-8-34(47)40-36(27)48)5-7-32(30)44-17-15-43(16-18-44)26-10-13-45(14-11-26)37-12-9-24(19-25(37)22-37)29-21-31(41-42-35(29)39)28-3-1-2-4-33(28)46/h1-5,7,9,12,19-21,25-27,46H,6,8,10-11,13-18,22H2,(H2,39,42)(H,40,47,48). The third kappa shape index (κ3) is 5.54. The number of piperazine rings is 1. The van der Waals surface area contributed by atoms with Crippen LogP contribution in [0.15, 0.2) is 66.8 Å². The molecule has 11 heteroatoms. The molecule has 48 heavy (non-hydrogen) atoms. The number of phenolic OH excluding ortho intramolecular Hbond substituents is 1. The van der Waals surface area contributed by atoms with Crippen molar-refractivity contribution in [1.82, 2.24) is 25.3 Å². The highest BCUT2D eigenvalue weighted by atomic mass is 19.1. The van der Waals surface area contributed by atoms with Gasteiger partial charge in [-0.1, -0.05) is 36.4 Å². The van der Waals surface area contributed by atoms with Crippen LogP contribution in [0.4, 0.5) is 15.9 Å². The number of nitrogen functional groups attached to an aromatic ring is 1. The first kappa shape index (κ1) is 30.7. The number of benzene rings is 2. The van der Waals surface area contributed by atoms with Crippen LogP contribution >= 0.6 is 0 Å². The number of rotatable bonds is 6. The van der Waals surface area contributed by atoms with Gasteiger partial charge < -0.3 is 15.7 Å². The van der Waals surface area contributed by atoms with Crippen LogP contribution in [0, 0.1) is 11.7 Å². The van der Waals surface area contributed by atoms with Crippen LogP contribution < -0.4 is 16.0 Å². The second kappa shape index (κ2) is 12.1. The van der Waals surface area contributed by atoms with E-state index in [4.69, 9.17) is 5.73 Å². The number of para-hydroxylation sites is 1. The molecule has 0 radical (unpaired) electrons. The molecule has 5 aliphatic rings. The Morgan fingerprint density at radius 3 is 2.46 bits per heavy atom. The summed E-state index contributed by atoms with van der Waals surface area (Å²) in [4.78, 5) is 31.1. The molecular formula is C37H40FN7O3. The van der Waals surface area contributed by atoms with E-state index in [1.165, 1.54) is 6.07 Å². The van der Waals surface area contributed by atoms with Gasteiger partial charge in [-0.25, -0.2) is 4.39 Å². The average molecular weight is 650 g/mol. The van der Waals surface area contributed by atoms with Gasteiger partial charge in [-0.2, -0.15) is 0 Å². The van der Waals surface area contributed by atoms with Gasteiger partial charge in [0.05, 0.1) is 17.3 Å². The Hall–Kier alpha value is -4.61. The Balaban J connectivity index is 0.855. The molecule has 4 fully saturated rings. The molecule has 3 saturated heterocycles. The maximum Gasteiger partial charge on any atom is 0.234 e. The lowest BCUT2D eigenvalue weighted by molar-refractivity contribution is -0.134. The number of likely N-dealkylation sites (tertiary alicyclic amines) is 1. The number of carbonyl (C=O) groups is 2. The van der Waals surface area contributed by atoms with Crippen LogP contribution in [0.1, 0.15) is 49.1 Å². The predicted molar refractivity (Wildman–Crippen MR) is 181 cm³/mol. The molecule has 0 bridgehead atoms. The molecule has 2 aromatic carbocycles. The monoisotopic (exact) mass is 649 g/mol. The summed E-state index contributed by atoms with van der Waals surface area (Å²) in [5.41, 5.74) is 10.7. The van der Waals surface area contributed by atoms with Crippen molar-refractivity contribution in [2.24, 2.45) is 5.92 Å². The van der Waals surface area contributed by atoms with E-state index in [0.717, 1.165) is 69.7 Å². The number of allylic oxidation sites excluding steroid dienone is 2. The van der Waals surface area contributed by atoms with E-state index in [0.29, 0.717) is 46.7 Å². The number of nitrogens with two attached hydrogens (primary N) is 1. The second-order valence-electron chi connectivity index (χ2n) is 13.8. The number of amides is 2. The van der Waals surface area contributed by atoms with Gasteiger partial charge in [0.2, 0.25) is 11.8 Å². The number of phenols is 1. The van der Waals surface area contributed by atoms with Crippen molar-refractivity contribution in [3.05, 3.63) is 83.7 Å². The molecule has 1 saturated carbocycles. The third-order valence-electron chi connectivity index (χ3n) is 11.1. The van der Waals surface area contributed by atoms with Crippen LogP contribution in [0.25, 0.3) is 16.8 Å². The van der Waals surface area contributed by atoms with Crippen molar-refractivity contribution in [2.45, 2.75) is 49.6 Å². The molecule has 3 atom stereocenters. The minimum Gasteiger partial charge on any atom is -0.507 e. The maximum absolute atomic E-state index is 15.3. The van der Waals surface area contributed by atoms with Crippen molar-refractivity contribution in [3.8, 4) is 17.0 Å². The Morgan fingerprint density at radius 2 is 1.73 bits per heavy atom. The van der Waals surface area contributed by atoms with Gasteiger partial charge in [-0.05, 0) is 67.2 Å². The van der Waals surface area contributed by atoms with Crippen molar-refractivity contribution in [2.75, 3.05) is 49.9 Å². The zero-order chi connectivity index (χ0) is 33.0. The van der Waals surface area contributed by atoms with Crippen LogP contribution in [0.5, 0.6) is 5.75 Å². The van der Waals surface area contributed by atoms with E-state index < -0.39 is 5.92 Å². The summed E-state index contributed by atoms with van der Waals surface area (Å²) in [6, 6.07) is 14.6. The lowest BCUT2D eigenvalue weighted by atomic mass is 9.90. The Kier molecular flexibility index (Phi) is 7.76. The number of hydrogen-bond acceptors (Lipinski definition) is 9. The van der Waals surface area contributed by atoms with Gasteiger partial charge in [-0.15, -0.1) is 10.2 Å². The van der Waals surface area contributed by atoms with E-state index in [1.807, 2.05) is 24.3 Å². The van der Waals surface area contributed by atoms with Gasteiger partial charge in [0.15, 0.2) is 5.82 Å². The summed E-state index contributed by atoms with van der Waals surface area (Å²) in [6.45, 7) is 5.39. The van der Waals surface area contributed by atoms with Crippen LogP contribution in [0.3, 0.4) is 0 Å². The van der Waals surface area contributed by atoms with E-state index in [9.17, 15) is 14.7 Å². The molecule has 4 heterocycles. The van der Waals surface area contributed by atoms with Gasteiger partial charge in [-0.3, -0.25) is 24.7 Å². The summed E-state index contributed by atoms with van der Waals surface area (Å²) in [7, 11) is 0. The van der Waals surface area contributed by atoms with Gasteiger partial charge in [0, 0.05) is 74.3 Å². The van der Waals surface area contributed by atoms with Crippen molar-refractivity contribution >= 4 is 28.9 Å². The zero-order valence-electron chi connectivity index (χ0n) is 26.8. The minimum absolute atomic E-state index is 0.0699. The normalized spacial score (nSPS) is 26.6. The summed E-state index contributed by atoms with van der Waals surface area (Å²) in [6.07, 6.45) is 10.9. The van der Waals surface area contributed by atoms with Gasteiger partial charge in [0.25, 0.3) is 0 Å². The number of piperidine rings is 2. The fraction of sp³-hybridized carbons (Fsp3) is 0.405. The van der Waals surface area contributed by atoms with Gasteiger partial charge >= 0.3 is 0 Å². The number of nitrogens with one attached hydrogen (secondary N) is 1. The number of halogens is 1. The van der Waals surface area contributed by atoms with Crippen LogP contribution in [-0.2, 0) is 9.59 Å². The molecule has 3 aromatic rings. The molecule has 2 aliphatic carbocycles. The Morgan fingerprint density at radius 1 is 0.938 bits per heavy atom. The number of hydrogen-bond donors (Lipinski definition) is 3. The molecule has 10 nitrogen and oxygen atoms in total. The lowest BCUT2D eigenvalue weighted by Gasteiger charge is -2.45. The summed E-state index contributed by atoms with van der Waals surface area (Å²) < 4.78 is 15.3. The summed E-state index contributed by atoms with van der Waals surface area (Å²) in [5, 5.41) is 21.1. The third-order valence-corrected chi connectivity index (χ3v) is 11.1. The number of fused-ring (bicyclic) bond motifs is 1. The first-order valence-corrected chi connectivity index (χ1v) is 17.0. The number of carbonyl (C=O) groups excluding carboxylic acids is 2. The number of nitrogens with zero attached hydrogens (tertiary/aromatic N) is 5. The highest BCUT2D eigenvalue weighted by Gasteiger charge is 2.56. The zero-order valence-corrected chi connectivity index (χ0v) is 26.8. The van der Waals surface area contributed by atoms with Crippen LogP contribution in [0.2, 0.25) is 0 Å². The van der Waals surface area contributed by atoms with Crippen LogP contribution in [-0.4, -0.2) is 87.8 Å².